The van der Waals surface area contributed by atoms with Crippen LogP contribution < -0.4 is 0 Å². The van der Waals surface area contributed by atoms with Crippen LogP contribution in [0.15, 0.2) is 36.4 Å². The molecule has 96 valence electrons. The highest BCUT2D eigenvalue weighted by molar-refractivity contribution is 6.16. The van der Waals surface area contributed by atoms with Gasteiger partial charge >= 0.3 is 0 Å². The Balaban J connectivity index is 2.38. The average molecular weight is 276 g/mol. The molecule has 0 amide bonds. The van der Waals surface area contributed by atoms with Crippen molar-refractivity contribution in [3.05, 3.63) is 53.7 Å². The van der Waals surface area contributed by atoms with Gasteiger partial charge in [0.05, 0.1) is 11.6 Å². The number of nitrogens with zero attached hydrogens (tertiary/aromatic N) is 3. The van der Waals surface area contributed by atoms with Crippen LogP contribution in [0.2, 0.25) is 0 Å². The predicted molar refractivity (Wildman–Crippen MR) is 73.1 cm³/mol. The number of aryl methyl sites for hydroxylation is 1. The van der Waals surface area contributed by atoms with E-state index in [1.165, 1.54) is 6.07 Å². The molecule has 1 aromatic carbocycles. The molecular weight excluding hydrogens is 265 g/mol. The summed E-state index contributed by atoms with van der Waals surface area (Å²) < 4.78 is 15.6. The van der Waals surface area contributed by atoms with Gasteiger partial charge in [-0.05, 0) is 31.2 Å². The fourth-order valence-electron chi connectivity index (χ4n) is 2.07. The lowest BCUT2D eigenvalue weighted by Crippen LogP contribution is -2.03. The second-order valence-corrected chi connectivity index (χ2v) is 4.51. The maximum Gasteiger partial charge on any atom is 0.165 e. The van der Waals surface area contributed by atoms with Crippen LogP contribution in [0.3, 0.4) is 0 Å². The molecule has 5 heteroatoms. The largest absolute Gasteiger partial charge is 0.277 e. The molecule has 0 bridgehead atoms. The van der Waals surface area contributed by atoms with Gasteiger partial charge in [0.2, 0.25) is 0 Å². The van der Waals surface area contributed by atoms with Gasteiger partial charge in [0.1, 0.15) is 17.2 Å². The Hall–Kier alpha value is -1.94. The SMILES string of the molecule is Cc1ccc2nc(CCl)n(-c3ccccc3F)c2n1. The minimum Gasteiger partial charge on any atom is -0.277 e. The Bertz CT molecular complexity index is 752. The summed E-state index contributed by atoms with van der Waals surface area (Å²) in [5.41, 5.74) is 2.61. The molecular formula is C14H11ClFN3. The average Bonchev–Trinajstić information content (AvgIpc) is 2.77. The van der Waals surface area contributed by atoms with Gasteiger partial charge in [-0.25, -0.2) is 14.4 Å². The van der Waals surface area contributed by atoms with Crippen LogP contribution in [0, 0.1) is 12.7 Å². The first-order valence-electron chi connectivity index (χ1n) is 5.86. The maximum atomic E-state index is 14.0. The van der Waals surface area contributed by atoms with Crippen molar-refractivity contribution in [2.75, 3.05) is 0 Å². The summed E-state index contributed by atoms with van der Waals surface area (Å²) in [5, 5.41) is 0. The molecule has 2 heterocycles. The molecule has 0 N–H and O–H groups in total. The number of imidazole rings is 1. The van der Waals surface area contributed by atoms with E-state index in [4.69, 9.17) is 11.6 Å². The van der Waals surface area contributed by atoms with Gasteiger partial charge in [0.25, 0.3) is 0 Å². The molecule has 0 atom stereocenters. The van der Waals surface area contributed by atoms with Gasteiger partial charge in [0, 0.05) is 5.69 Å². The Labute approximate surface area is 114 Å². The summed E-state index contributed by atoms with van der Waals surface area (Å²) in [6.45, 7) is 1.89. The number of rotatable bonds is 2. The second-order valence-electron chi connectivity index (χ2n) is 4.24. The van der Waals surface area contributed by atoms with Crippen LogP contribution in [0.5, 0.6) is 0 Å². The summed E-state index contributed by atoms with van der Waals surface area (Å²) >= 11 is 5.91. The lowest BCUT2D eigenvalue weighted by Gasteiger charge is -2.08. The molecule has 19 heavy (non-hydrogen) atoms. The molecule has 0 saturated carbocycles. The van der Waals surface area contributed by atoms with E-state index < -0.39 is 0 Å². The van der Waals surface area contributed by atoms with Crippen molar-refractivity contribution in [3.63, 3.8) is 0 Å². The van der Waals surface area contributed by atoms with Gasteiger partial charge in [0.15, 0.2) is 5.65 Å². The Kier molecular flexibility index (Phi) is 2.95. The predicted octanol–water partition coefficient (Wildman–Crippen LogP) is 3.61. The molecule has 2 aromatic heterocycles. The van der Waals surface area contributed by atoms with Crippen molar-refractivity contribution in [3.8, 4) is 5.69 Å². The van der Waals surface area contributed by atoms with Crippen LogP contribution in [0.4, 0.5) is 4.39 Å². The number of aromatic nitrogens is 3. The first-order valence-corrected chi connectivity index (χ1v) is 6.40. The second kappa shape index (κ2) is 4.63. The molecule has 3 rings (SSSR count). The normalized spacial score (nSPS) is 11.1. The Morgan fingerprint density at radius 3 is 2.68 bits per heavy atom. The zero-order valence-corrected chi connectivity index (χ0v) is 11.0. The highest BCUT2D eigenvalue weighted by Gasteiger charge is 2.15. The van der Waals surface area contributed by atoms with Crippen molar-refractivity contribution in [2.45, 2.75) is 12.8 Å². The van der Waals surface area contributed by atoms with Gasteiger partial charge in [-0.2, -0.15) is 0 Å². The molecule has 3 aromatic rings. The quantitative estimate of drug-likeness (QED) is 0.669. The summed E-state index contributed by atoms with van der Waals surface area (Å²) in [6.07, 6.45) is 0. The zero-order valence-electron chi connectivity index (χ0n) is 10.3. The third-order valence-corrected chi connectivity index (χ3v) is 3.17. The number of pyridine rings is 1. The van der Waals surface area contributed by atoms with Crippen molar-refractivity contribution in [1.29, 1.82) is 0 Å². The monoisotopic (exact) mass is 275 g/mol. The summed E-state index contributed by atoms with van der Waals surface area (Å²) in [6, 6.07) is 10.3. The minimum absolute atomic E-state index is 0.198. The summed E-state index contributed by atoms with van der Waals surface area (Å²) in [5.74, 6) is 0.459. The number of hydrogen-bond donors (Lipinski definition) is 0. The van der Waals surface area contributed by atoms with E-state index in [0.717, 1.165) is 5.69 Å². The number of halogens is 2. The minimum atomic E-state index is -0.323. The maximum absolute atomic E-state index is 14.0. The number of benzene rings is 1. The highest BCUT2D eigenvalue weighted by atomic mass is 35.5. The van der Waals surface area contributed by atoms with Crippen molar-refractivity contribution >= 4 is 22.8 Å². The van der Waals surface area contributed by atoms with Crippen LogP contribution in [-0.4, -0.2) is 14.5 Å². The lowest BCUT2D eigenvalue weighted by molar-refractivity contribution is 0.617. The zero-order chi connectivity index (χ0) is 13.4. The molecule has 0 spiro atoms. The third kappa shape index (κ3) is 1.98. The van der Waals surface area contributed by atoms with Crippen molar-refractivity contribution in [1.82, 2.24) is 14.5 Å². The lowest BCUT2D eigenvalue weighted by atomic mass is 10.3. The number of hydrogen-bond acceptors (Lipinski definition) is 2. The molecule has 0 unspecified atom stereocenters. The molecule has 3 nitrogen and oxygen atoms in total. The fourth-order valence-corrected chi connectivity index (χ4v) is 2.25. The highest BCUT2D eigenvalue weighted by Crippen LogP contribution is 2.23. The van der Waals surface area contributed by atoms with E-state index >= 15 is 0 Å². The van der Waals surface area contributed by atoms with Gasteiger partial charge in [-0.1, -0.05) is 12.1 Å². The van der Waals surface area contributed by atoms with E-state index in [0.29, 0.717) is 22.7 Å². The van der Waals surface area contributed by atoms with E-state index in [9.17, 15) is 4.39 Å². The van der Waals surface area contributed by atoms with Gasteiger partial charge in [-0.3, -0.25) is 4.57 Å². The molecule has 0 aliphatic rings. The molecule has 0 fully saturated rings. The number of para-hydroxylation sites is 1. The first-order chi connectivity index (χ1) is 9.20. The summed E-state index contributed by atoms with van der Waals surface area (Å²) in [4.78, 5) is 8.83. The van der Waals surface area contributed by atoms with E-state index in [-0.39, 0.29) is 11.7 Å². The van der Waals surface area contributed by atoms with E-state index in [1.807, 2.05) is 19.1 Å². The third-order valence-electron chi connectivity index (χ3n) is 2.93. The van der Waals surface area contributed by atoms with Crippen LogP contribution >= 0.6 is 11.6 Å². The fraction of sp³-hybridized carbons (Fsp3) is 0.143. The van der Waals surface area contributed by atoms with Crippen LogP contribution in [0.1, 0.15) is 11.5 Å². The number of fused-ring (bicyclic) bond motifs is 1. The smallest absolute Gasteiger partial charge is 0.165 e. The summed E-state index contributed by atoms with van der Waals surface area (Å²) in [7, 11) is 0. The first kappa shape index (κ1) is 12.1. The van der Waals surface area contributed by atoms with Crippen LogP contribution in [0.25, 0.3) is 16.9 Å². The Morgan fingerprint density at radius 1 is 1.16 bits per heavy atom. The Morgan fingerprint density at radius 2 is 1.95 bits per heavy atom. The van der Waals surface area contributed by atoms with Crippen molar-refractivity contribution in [2.24, 2.45) is 0 Å². The topological polar surface area (TPSA) is 30.7 Å². The van der Waals surface area contributed by atoms with Gasteiger partial charge < -0.3 is 0 Å². The molecule has 0 aliphatic carbocycles. The van der Waals surface area contributed by atoms with E-state index in [2.05, 4.69) is 9.97 Å². The molecule has 0 radical (unpaired) electrons. The van der Waals surface area contributed by atoms with Crippen molar-refractivity contribution < 1.29 is 4.39 Å². The standard InChI is InChI=1S/C14H11ClFN3/c1-9-6-7-11-14(17-9)19(13(8-15)18-11)12-5-3-2-4-10(12)16/h2-7H,8H2,1H3. The van der Waals surface area contributed by atoms with E-state index in [1.54, 1.807) is 22.8 Å². The van der Waals surface area contributed by atoms with Gasteiger partial charge in [-0.15, -0.1) is 11.6 Å². The molecule has 0 aliphatic heterocycles. The number of alkyl halides is 1. The van der Waals surface area contributed by atoms with Crippen LogP contribution in [-0.2, 0) is 5.88 Å². The molecule has 0 saturated heterocycles.